The van der Waals surface area contributed by atoms with Crippen LogP contribution < -0.4 is 18.8 Å². The third-order valence-electron chi connectivity index (χ3n) is 7.21. The highest BCUT2D eigenvalue weighted by Gasteiger charge is 2.28. The monoisotopic (exact) mass is 669 g/mol. The number of methoxy groups -OCH3 is 1. The van der Waals surface area contributed by atoms with Crippen LogP contribution in [0.25, 0.3) is 22.0 Å². The SMILES string of the molecule is COc1cc2c(N(c3ccccc3)c3cc(O[SiH2]C(C)(C)C)c(Cl)c(-c4ccccc4)c3F)ncnc2cc1OCc1ccsc1. The molecule has 4 aromatic carbocycles. The lowest BCUT2D eigenvalue weighted by Gasteiger charge is -2.28. The molecule has 0 aliphatic carbocycles. The van der Waals surface area contributed by atoms with Crippen molar-refractivity contribution < 1.29 is 18.3 Å². The van der Waals surface area contributed by atoms with E-state index in [0.717, 1.165) is 5.56 Å². The van der Waals surface area contributed by atoms with Crippen molar-refractivity contribution in [1.82, 2.24) is 9.97 Å². The van der Waals surface area contributed by atoms with E-state index < -0.39 is 15.6 Å². The number of nitrogens with zero attached hydrogens (tertiary/aromatic N) is 3. The van der Waals surface area contributed by atoms with Gasteiger partial charge in [-0.1, -0.05) is 80.9 Å². The first-order valence-corrected chi connectivity index (χ1v) is 17.4. The molecule has 10 heteroatoms. The van der Waals surface area contributed by atoms with Gasteiger partial charge in [-0.2, -0.15) is 11.3 Å². The normalized spacial score (nSPS) is 11.7. The molecule has 6 aromatic rings. The Bertz CT molecular complexity index is 1960. The smallest absolute Gasteiger partial charge is 0.224 e. The second kappa shape index (κ2) is 13.5. The van der Waals surface area contributed by atoms with Gasteiger partial charge in [0.15, 0.2) is 17.3 Å². The van der Waals surface area contributed by atoms with Crippen LogP contribution in [0.4, 0.5) is 21.6 Å². The number of aromatic nitrogens is 2. The van der Waals surface area contributed by atoms with Crippen LogP contribution in [0.3, 0.4) is 0 Å². The van der Waals surface area contributed by atoms with Gasteiger partial charge in [0.05, 0.1) is 23.3 Å². The standard InChI is InChI=1S/C36H33ClFN3O3SSi/c1-36(2,3)46-44-31-19-28(34(38)32(33(31)37)24-11-7-5-8-12-24)41(25-13-9-6-10-14-25)35-26-17-29(42-4)30(18-27(26)39-22-40-35)43-20-23-15-16-45-21-23/h5-19,21-22H,20,46H2,1-4H3. The third-order valence-corrected chi connectivity index (χ3v) is 9.64. The topological polar surface area (TPSA) is 56.7 Å². The first-order valence-electron chi connectivity index (χ1n) is 14.8. The van der Waals surface area contributed by atoms with Crippen molar-refractivity contribution in [3.63, 3.8) is 0 Å². The molecule has 234 valence electrons. The van der Waals surface area contributed by atoms with Crippen LogP contribution >= 0.6 is 22.9 Å². The molecule has 6 nitrogen and oxygen atoms in total. The molecule has 0 saturated carbocycles. The Morgan fingerprint density at radius 3 is 2.33 bits per heavy atom. The Hall–Kier alpha value is -4.44. The second-order valence-electron chi connectivity index (χ2n) is 11.9. The highest BCUT2D eigenvalue weighted by Crippen LogP contribution is 2.48. The molecular formula is C36H33ClFN3O3SSi. The molecule has 0 bridgehead atoms. The van der Waals surface area contributed by atoms with Crippen LogP contribution in [0.2, 0.25) is 10.1 Å². The summed E-state index contributed by atoms with van der Waals surface area (Å²) in [4.78, 5) is 11.1. The van der Waals surface area contributed by atoms with Gasteiger partial charge in [0.1, 0.15) is 24.5 Å². The molecule has 0 N–H and O–H groups in total. The zero-order valence-electron chi connectivity index (χ0n) is 26.0. The lowest BCUT2D eigenvalue weighted by Crippen LogP contribution is -2.18. The molecule has 0 atom stereocenters. The third kappa shape index (κ3) is 6.72. The van der Waals surface area contributed by atoms with E-state index in [1.54, 1.807) is 29.4 Å². The fourth-order valence-electron chi connectivity index (χ4n) is 5.01. The van der Waals surface area contributed by atoms with E-state index >= 15 is 4.39 Å². The summed E-state index contributed by atoms with van der Waals surface area (Å²) in [5, 5.41) is 4.91. The van der Waals surface area contributed by atoms with Crippen LogP contribution in [-0.2, 0) is 6.61 Å². The maximum absolute atomic E-state index is 17.1. The molecule has 6 rings (SSSR count). The molecule has 0 amide bonds. The van der Waals surface area contributed by atoms with E-state index in [0.29, 0.717) is 51.8 Å². The highest BCUT2D eigenvalue weighted by atomic mass is 35.5. The zero-order valence-corrected chi connectivity index (χ0v) is 28.9. The molecule has 2 heterocycles. The van der Waals surface area contributed by atoms with Gasteiger partial charge >= 0.3 is 0 Å². The van der Waals surface area contributed by atoms with Crippen LogP contribution in [0, 0.1) is 5.82 Å². The molecule has 0 spiro atoms. The molecule has 0 aliphatic heterocycles. The van der Waals surface area contributed by atoms with Gasteiger partial charge < -0.3 is 13.9 Å². The van der Waals surface area contributed by atoms with E-state index in [1.807, 2.05) is 89.6 Å². The predicted molar refractivity (Wildman–Crippen MR) is 189 cm³/mol. The van der Waals surface area contributed by atoms with Crippen LogP contribution in [0.1, 0.15) is 26.3 Å². The number of rotatable bonds is 10. The lowest BCUT2D eigenvalue weighted by molar-refractivity contribution is 0.285. The van der Waals surface area contributed by atoms with Crippen molar-refractivity contribution in [1.29, 1.82) is 0 Å². The van der Waals surface area contributed by atoms with Crippen molar-refractivity contribution in [3.05, 3.63) is 118 Å². The minimum atomic E-state index is -1.09. The number of para-hydroxylation sites is 1. The number of benzene rings is 4. The summed E-state index contributed by atoms with van der Waals surface area (Å²) >= 11 is 8.56. The van der Waals surface area contributed by atoms with E-state index in [9.17, 15) is 0 Å². The molecular weight excluding hydrogens is 637 g/mol. The molecule has 0 unspecified atom stereocenters. The number of fused-ring (bicyclic) bond motifs is 1. The summed E-state index contributed by atoms with van der Waals surface area (Å²) in [5.41, 5.74) is 3.51. The average Bonchev–Trinajstić information content (AvgIpc) is 3.58. The number of hydrogen-bond acceptors (Lipinski definition) is 7. The first kappa shape index (κ1) is 31.5. The predicted octanol–water partition coefficient (Wildman–Crippen LogP) is 9.89. The summed E-state index contributed by atoms with van der Waals surface area (Å²) in [5.74, 6) is 1.44. The highest BCUT2D eigenvalue weighted by molar-refractivity contribution is 7.07. The number of hydrogen-bond donors (Lipinski definition) is 0. The van der Waals surface area contributed by atoms with E-state index in [-0.39, 0.29) is 21.3 Å². The molecule has 2 aromatic heterocycles. The fourth-order valence-corrected chi connectivity index (χ4v) is 6.87. The van der Waals surface area contributed by atoms with Crippen molar-refractivity contribution in [3.8, 4) is 28.4 Å². The average molecular weight is 670 g/mol. The summed E-state index contributed by atoms with van der Waals surface area (Å²) in [7, 11) is 0.495. The molecule has 0 saturated heterocycles. The maximum atomic E-state index is 17.1. The maximum Gasteiger partial charge on any atom is 0.224 e. The van der Waals surface area contributed by atoms with Gasteiger partial charge in [-0.05, 0) is 51.2 Å². The second-order valence-corrected chi connectivity index (χ2v) is 15.8. The van der Waals surface area contributed by atoms with Gasteiger partial charge in [0, 0.05) is 28.8 Å². The number of anilines is 3. The van der Waals surface area contributed by atoms with Crippen molar-refractivity contribution in [2.24, 2.45) is 0 Å². The van der Waals surface area contributed by atoms with Gasteiger partial charge in [-0.25, -0.2) is 14.4 Å². The molecule has 0 aliphatic rings. The fraction of sp³-hybridized carbons (Fsp3) is 0.167. The van der Waals surface area contributed by atoms with E-state index in [4.69, 9.17) is 30.5 Å². The number of ether oxygens (including phenoxy) is 2. The van der Waals surface area contributed by atoms with Crippen LogP contribution in [0.15, 0.2) is 102 Å². The molecule has 46 heavy (non-hydrogen) atoms. The summed E-state index contributed by atoms with van der Waals surface area (Å²) in [6.45, 7) is 6.78. The molecule has 0 fully saturated rings. The molecule has 0 radical (unpaired) electrons. The van der Waals surface area contributed by atoms with E-state index in [1.165, 1.54) is 6.33 Å². The summed E-state index contributed by atoms with van der Waals surface area (Å²) in [6.07, 6.45) is 1.47. The zero-order chi connectivity index (χ0) is 32.3. The van der Waals surface area contributed by atoms with Gasteiger partial charge in [-0.3, -0.25) is 4.90 Å². The quantitative estimate of drug-likeness (QED) is 0.135. The van der Waals surface area contributed by atoms with Crippen LogP contribution in [-0.4, -0.2) is 26.8 Å². The van der Waals surface area contributed by atoms with Crippen molar-refractivity contribution in [2.75, 3.05) is 12.0 Å². The van der Waals surface area contributed by atoms with Gasteiger partial charge in [0.2, 0.25) is 9.76 Å². The van der Waals surface area contributed by atoms with Gasteiger partial charge in [0.25, 0.3) is 0 Å². The summed E-state index contributed by atoms with van der Waals surface area (Å²) in [6, 6.07) is 26.2. The minimum absolute atomic E-state index is 0.0213. The van der Waals surface area contributed by atoms with E-state index in [2.05, 4.69) is 25.8 Å². The Balaban J connectivity index is 1.57. The minimum Gasteiger partial charge on any atom is -0.548 e. The first-order chi connectivity index (χ1) is 22.2. The Morgan fingerprint density at radius 1 is 0.913 bits per heavy atom. The summed E-state index contributed by atoms with van der Waals surface area (Å²) < 4.78 is 35.4. The van der Waals surface area contributed by atoms with Crippen LogP contribution in [0.5, 0.6) is 17.2 Å². The Morgan fingerprint density at radius 2 is 1.65 bits per heavy atom. The van der Waals surface area contributed by atoms with Crippen molar-refractivity contribution >= 4 is 60.8 Å². The lowest BCUT2D eigenvalue weighted by atomic mass is 10.0. The number of thiophene rings is 1. The van der Waals surface area contributed by atoms with Crippen molar-refractivity contribution in [2.45, 2.75) is 32.4 Å². The Kier molecular flexibility index (Phi) is 9.26. The number of halogens is 2. The Labute approximate surface area is 279 Å². The largest absolute Gasteiger partial charge is 0.548 e. The van der Waals surface area contributed by atoms with Gasteiger partial charge in [-0.15, -0.1) is 0 Å².